The first-order chi connectivity index (χ1) is 15.5. The van der Waals surface area contributed by atoms with Crippen LogP contribution in [0.5, 0.6) is 0 Å². The number of aromatic nitrogens is 4. The maximum Gasteiger partial charge on any atom is 0.252 e. The topological polar surface area (TPSA) is 76.1 Å². The van der Waals surface area contributed by atoms with Gasteiger partial charge in [0.2, 0.25) is 0 Å². The van der Waals surface area contributed by atoms with E-state index in [1.54, 1.807) is 16.9 Å². The predicted molar refractivity (Wildman–Crippen MR) is 126 cm³/mol. The molecule has 4 heterocycles. The third kappa shape index (κ3) is 4.50. The number of nitrogens with two attached hydrogens (primary N) is 1. The molecule has 0 bridgehead atoms. The van der Waals surface area contributed by atoms with E-state index in [1.807, 2.05) is 13.1 Å². The lowest BCUT2D eigenvalue weighted by Crippen LogP contribution is -2.53. The van der Waals surface area contributed by atoms with Gasteiger partial charge in [-0.25, -0.2) is 18.4 Å². The van der Waals surface area contributed by atoms with Crippen molar-refractivity contribution in [2.75, 3.05) is 30.3 Å². The van der Waals surface area contributed by atoms with Crippen molar-refractivity contribution in [2.45, 2.75) is 32.2 Å². The van der Waals surface area contributed by atoms with Gasteiger partial charge in [-0.3, -0.25) is 0 Å². The number of halogens is 3. The lowest BCUT2D eigenvalue weighted by Gasteiger charge is -2.46. The Balaban J connectivity index is 0.00000259. The smallest absolute Gasteiger partial charge is 0.252 e. The highest BCUT2D eigenvalue weighted by Crippen LogP contribution is 2.35. The van der Waals surface area contributed by atoms with Crippen LogP contribution in [-0.2, 0) is 12.8 Å². The van der Waals surface area contributed by atoms with Gasteiger partial charge in [-0.15, -0.1) is 12.4 Å². The third-order valence-corrected chi connectivity index (χ3v) is 6.31. The SMILES string of the molecule is Cc1c(CC=CN2CCN3c4cc(F)cc(F)c4CCC3C2)cnn1-c1nccc(N)n1.Cl. The second kappa shape index (κ2) is 9.35. The number of hydrogen-bond donors (Lipinski definition) is 1. The third-order valence-electron chi connectivity index (χ3n) is 6.31. The molecule has 0 radical (unpaired) electrons. The molecule has 1 fully saturated rings. The number of allylic oxidation sites excluding steroid dienone is 1. The summed E-state index contributed by atoms with van der Waals surface area (Å²) in [5, 5.41) is 4.40. The first-order valence-corrected chi connectivity index (χ1v) is 10.8. The zero-order valence-electron chi connectivity index (χ0n) is 18.3. The van der Waals surface area contributed by atoms with E-state index in [-0.39, 0.29) is 18.4 Å². The standard InChI is InChI=1S/C23H25F2N7.ClH/c1-15-16(13-28-32(15)23-27-7-6-22(26)29-23)3-2-8-30-9-10-31-18(14-30)4-5-19-20(25)11-17(24)12-21(19)31;/h2,6-8,11-13,18H,3-5,9-10,14H2,1H3,(H2,26,27,29);1H. The molecule has 10 heteroatoms. The summed E-state index contributed by atoms with van der Waals surface area (Å²) in [5.74, 6) is -0.0791. The van der Waals surface area contributed by atoms with Crippen LogP contribution in [0.1, 0.15) is 23.2 Å². The molecular formula is C23H26ClF2N7. The van der Waals surface area contributed by atoms with Crippen LogP contribution in [0.4, 0.5) is 20.3 Å². The number of anilines is 2. The van der Waals surface area contributed by atoms with E-state index in [0.717, 1.165) is 49.8 Å². The molecule has 1 aromatic carbocycles. The number of nitrogen functional groups attached to an aromatic ring is 1. The Morgan fingerprint density at radius 2 is 2.09 bits per heavy atom. The molecule has 1 unspecified atom stereocenters. The molecule has 2 aromatic heterocycles. The molecule has 0 amide bonds. The van der Waals surface area contributed by atoms with Crippen molar-refractivity contribution in [1.82, 2.24) is 24.6 Å². The summed E-state index contributed by atoms with van der Waals surface area (Å²) in [6, 6.07) is 4.36. The number of benzene rings is 1. The molecule has 7 nitrogen and oxygen atoms in total. The van der Waals surface area contributed by atoms with Gasteiger partial charge < -0.3 is 15.5 Å². The molecule has 0 aliphatic carbocycles. The Kier molecular flexibility index (Phi) is 6.51. The quantitative estimate of drug-likeness (QED) is 0.625. The van der Waals surface area contributed by atoms with Crippen molar-refractivity contribution in [3.05, 3.63) is 71.3 Å². The summed E-state index contributed by atoms with van der Waals surface area (Å²) < 4.78 is 29.6. The normalized spacial score (nSPS) is 17.6. The zero-order chi connectivity index (χ0) is 22.2. The van der Waals surface area contributed by atoms with Gasteiger partial charge in [0.25, 0.3) is 5.95 Å². The van der Waals surface area contributed by atoms with Crippen LogP contribution in [0, 0.1) is 18.6 Å². The Bertz CT molecular complexity index is 1180. The Labute approximate surface area is 197 Å². The Morgan fingerprint density at radius 1 is 1.24 bits per heavy atom. The molecule has 33 heavy (non-hydrogen) atoms. The lowest BCUT2D eigenvalue weighted by molar-refractivity contribution is 0.281. The fraction of sp³-hybridized carbons (Fsp3) is 0.348. The van der Waals surface area contributed by atoms with Crippen LogP contribution in [-0.4, -0.2) is 50.3 Å². The molecule has 2 aliphatic rings. The molecule has 0 spiro atoms. The molecule has 2 N–H and O–H groups in total. The predicted octanol–water partition coefficient (Wildman–Crippen LogP) is 3.45. The number of rotatable bonds is 4. The van der Waals surface area contributed by atoms with Gasteiger partial charge in [-0.1, -0.05) is 6.08 Å². The number of hydrogen-bond acceptors (Lipinski definition) is 6. The van der Waals surface area contributed by atoms with E-state index in [0.29, 0.717) is 29.4 Å². The van der Waals surface area contributed by atoms with Gasteiger partial charge >= 0.3 is 0 Å². The van der Waals surface area contributed by atoms with Crippen molar-refractivity contribution >= 4 is 23.9 Å². The minimum atomic E-state index is -0.510. The fourth-order valence-electron chi connectivity index (χ4n) is 4.62. The highest BCUT2D eigenvalue weighted by atomic mass is 35.5. The second-order valence-corrected chi connectivity index (χ2v) is 8.30. The van der Waals surface area contributed by atoms with Crippen molar-refractivity contribution in [1.29, 1.82) is 0 Å². The minimum Gasteiger partial charge on any atom is -0.384 e. The van der Waals surface area contributed by atoms with Crippen LogP contribution >= 0.6 is 12.4 Å². The monoisotopic (exact) mass is 473 g/mol. The van der Waals surface area contributed by atoms with Gasteiger partial charge in [-0.2, -0.15) is 10.1 Å². The molecule has 174 valence electrons. The molecule has 1 saturated heterocycles. The van der Waals surface area contributed by atoms with E-state index in [4.69, 9.17) is 5.73 Å². The summed E-state index contributed by atoms with van der Waals surface area (Å²) in [6.45, 7) is 4.37. The van der Waals surface area contributed by atoms with Gasteiger partial charge in [0.1, 0.15) is 17.5 Å². The zero-order valence-corrected chi connectivity index (χ0v) is 19.1. The van der Waals surface area contributed by atoms with Gasteiger partial charge in [-0.05, 0) is 50.1 Å². The van der Waals surface area contributed by atoms with Crippen molar-refractivity contribution < 1.29 is 8.78 Å². The summed E-state index contributed by atoms with van der Waals surface area (Å²) in [6.07, 6.45) is 9.93. The van der Waals surface area contributed by atoms with Crippen LogP contribution in [0.2, 0.25) is 0 Å². The van der Waals surface area contributed by atoms with E-state index in [2.05, 4.69) is 37.1 Å². The minimum absolute atomic E-state index is 0. The Hall–Kier alpha value is -3.20. The molecular weight excluding hydrogens is 448 g/mol. The maximum absolute atomic E-state index is 14.1. The van der Waals surface area contributed by atoms with Crippen LogP contribution in [0.15, 0.2) is 42.9 Å². The van der Waals surface area contributed by atoms with E-state index in [1.165, 1.54) is 6.07 Å². The first-order valence-electron chi connectivity index (χ1n) is 10.8. The second-order valence-electron chi connectivity index (χ2n) is 8.30. The summed E-state index contributed by atoms with van der Waals surface area (Å²) in [4.78, 5) is 12.9. The average Bonchev–Trinajstić information content (AvgIpc) is 3.13. The molecule has 2 aliphatic heterocycles. The van der Waals surface area contributed by atoms with Crippen LogP contribution in [0.3, 0.4) is 0 Å². The van der Waals surface area contributed by atoms with Gasteiger partial charge in [0.15, 0.2) is 0 Å². The number of fused-ring (bicyclic) bond motifs is 3. The highest BCUT2D eigenvalue weighted by Gasteiger charge is 2.32. The van der Waals surface area contributed by atoms with E-state index < -0.39 is 11.6 Å². The Morgan fingerprint density at radius 3 is 2.91 bits per heavy atom. The largest absolute Gasteiger partial charge is 0.384 e. The van der Waals surface area contributed by atoms with Crippen molar-refractivity contribution in [3.8, 4) is 5.95 Å². The van der Waals surface area contributed by atoms with Crippen LogP contribution in [0.25, 0.3) is 5.95 Å². The first kappa shape index (κ1) is 23.0. The van der Waals surface area contributed by atoms with Crippen molar-refractivity contribution in [2.24, 2.45) is 0 Å². The summed E-state index contributed by atoms with van der Waals surface area (Å²) >= 11 is 0. The van der Waals surface area contributed by atoms with Gasteiger partial charge in [0.05, 0.1) is 6.20 Å². The van der Waals surface area contributed by atoms with Crippen LogP contribution < -0.4 is 10.6 Å². The van der Waals surface area contributed by atoms with Crippen molar-refractivity contribution in [3.63, 3.8) is 0 Å². The maximum atomic E-state index is 14.1. The summed E-state index contributed by atoms with van der Waals surface area (Å²) in [5.41, 5.74) is 9.17. The molecule has 1 atom stereocenters. The summed E-state index contributed by atoms with van der Waals surface area (Å²) in [7, 11) is 0. The highest BCUT2D eigenvalue weighted by molar-refractivity contribution is 5.85. The number of piperazine rings is 1. The number of nitrogens with zero attached hydrogens (tertiary/aromatic N) is 6. The fourth-order valence-corrected chi connectivity index (χ4v) is 4.62. The molecule has 0 saturated carbocycles. The lowest BCUT2D eigenvalue weighted by atomic mass is 9.93. The van der Waals surface area contributed by atoms with Gasteiger partial charge in [0, 0.05) is 54.9 Å². The molecule has 3 aromatic rings. The average molecular weight is 474 g/mol. The molecule has 5 rings (SSSR count). The van der Waals surface area contributed by atoms with E-state index in [9.17, 15) is 8.78 Å². The van der Waals surface area contributed by atoms with E-state index >= 15 is 0 Å².